The van der Waals surface area contributed by atoms with Crippen LogP contribution in [0.3, 0.4) is 0 Å². The van der Waals surface area contributed by atoms with Crippen LogP contribution >= 0.6 is 38.6 Å². The van der Waals surface area contributed by atoms with Crippen LogP contribution in [0.4, 0.5) is 5.82 Å². The fourth-order valence-electron chi connectivity index (χ4n) is 4.35. The lowest BCUT2D eigenvalue weighted by molar-refractivity contribution is 0.193. The van der Waals surface area contributed by atoms with Crippen LogP contribution in [0.15, 0.2) is 60.0 Å². The number of benzene rings is 1. The smallest absolute Gasteiger partial charge is 0.284 e. The molecule has 5 heterocycles. The number of aromatic amines is 1. The Bertz CT molecular complexity index is 1520. The normalized spacial score (nSPS) is 17.6. The van der Waals surface area contributed by atoms with Crippen molar-refractivity contribution in [2.45, 2.75) is 18.6 Å². The first-order valence-corrected chi connectivity index (χ1v) is 10.4. The zero-order valence-corrected chi connectivity index (χ0v) is 20.4. The number of para-hydroxylation sites is 1. The minimum atomic E-state index is -0.627. The van der Waals surface area contributed by atoms with Gasteiger partial charge in [0.2, 0.25) is 0 Å². The van der Waals surface area contributed by atoms with Crippen molar-refractivity contribution in [1.29, 1.82) is 0 Å². The number of aliphatic hydroxyl groups excluding tert-OH is 1. The van der Waals surface area contributed by atoms with Gasteiger partial charge in [-0.05, 0) is 18.2 Å². The first-order chi connectivity index (χ1) is 15.6. The average molecular weight is 517 g/mol. The lowest BCUT2D eigenvalue weighted by Crippen LogP contribution is -2.33. The minimum Gasteiger partial charge on any atom is -0.391 e. The summed E-state index contributed by atoms with van der Waals surface area (Å²) in [4.78, 5) is 31.4. The molecular formula is C21H21ClN8O2S2. The molecule has 4 aromatic heterocycles. The third kappa shape index (κ3) is 3.72. The van der Waals surface area contributed by atoms with E-state index in [1.807, 2.05) is 35.2 Å². The highest BCUT2D eigenvalue weighted by molar-refractivity contribution is 7.59. The number of nitrogens with one attached hydrogen (secondary N) is 1. The van der Waals surface area contributed by atoms with E-state index in [0.717, 1.165) is 0 Å². The van der Waals surface area contributed by atoms with E-state index in [1.54, 1.807) is 23.2 Å². The molecule has 0 amide bonds. The van der Waals surface area contributed by atoms with Crippen LogP contribution in [0.25, 0.3) is 22.4 Å². The van der Waals surface area contributed by atoms with Gasteiger partial charge in [-0.1, -0.05) is 29.8 Å². The quantitative estimate of drug-likeness (QED) is 0.378. The van der Waals surface area contributed by atoms with Gasteiger partial charge >= 0.3 is 0 Å². The third-order valence-electron chi connectivity index (χ3n) is 5.73. The topological polar surface area (TPSA) is 117 Å². The zero-order chi connectivity index (χ0) is 21.8. The number of nitrogens with zero attached hydrogens (tertiary/aromatic N) is 7. The number of imidazole rings is 1. The van der Waals surface area contributed by atoms with Gasteiger partial charge in [0.05, 0.1) is 29.2 Å². The number of hydrogen-bond donors (Lipinski definition) is 2. The monoisotopic (exact) mass is 516 g/mol. The fraction of sp³-hybridized carbons (Fsp3) is 0.190. The number of hydrogen-bond acceptors (Lipinski definition) is 7. The number of β-amino-alcohol motifs (C(OH)–C–C–N with tert-alkyl or cyclic N) is 1. The van der Waals surface area contributed by atoms with Crippen molar-refractivity contribution >= 4 is 61.1 Å². The molecule has 1 fully saturated rings. The molecule has 0 aliphatic carbocycles. The molecule has 0 spiro atoms. The van der Waals surface area contributed by atoms with Crippen LogP contribution in [-0.4, -0.2) is 51.9 Å². The number of aliphatic hydroxyl groups is 1. The number of H-pyrrole nitrogens is 1. The summed E-state index contributed by atoms with van der Waals surface area (Å²) in [5.74, 6) is 1.07. The number of fused-ring (bicyclic) bond motifs is 2. The van der Waals surface area contributed by atoms with E-state index in [9.17, 15) is 9.90 Å². The van der Waals surface area contributed by atoms with Gasteiger partial charge in [0.15, 0.2) is 17.3 Å². The summed E-state index contributed by atoms with van der Waals surface area (Å²) < 4.78 is 3.05. The Morgan fingerprint density at radius 1 is 1.09 bits per heavy atom. The predicted molar refractivity (Wildman–Crippen MR) is 139 cm³/mol. The largest absolute Gasteiger partial charge is 0.391 e. The molecule has 10 nitrogen and oxygen atoms in total. The van der Waals surface area contributed by atoms with E-state index in [1.165, 1.54) is 10.8 Å². The van der Waals surface area contributed by atoms with E-state index in [4.69, 9.17) is 16.7 Å². The summed E-state index contributed by atoms with van der Waals surface area (Å²) in [5.41, 5.74) is 1.85. The maximum absolute atomic E-state index is 13.6. The van der Waals surface area contributed by atoms with Crippen LogP contribution < -0.4 is 10.5 Å². The van der Waals surface area contributed by atoms with Gasteiger partial charge in [-0.3, -0.25) is 9.36 Å². The van der Waals surface area contributed by atoms with Crippen molar-refractivity contribution in [3.8, 4) is 5.69 Å². The van der Waals surface area contributed by atoms with Crippen LogP contribution in [0.2, 0.25) is 5.02 Å². The Hall–Kier alpha value is -3.06. The second-order valence-corrected chi connectivity index (χ2v) is 8.05. The summed E-state index contributed by atoms with van der Waals surface area (Å²) >= 11 is 6.30. The Morgan fingerprint density at radius 3 is 2.68 bits per heavy atom. The highest BCUT2D eigenvalue weighted by Crippen LogP contribution is 2.37. The predicted octanol–water partition coefficient (Wildman–Crippen LogP) is 2.34. The molecule has 1 aliphatic heterocycles. The molecule has 1 aliphatic rings. The van der Waals surface area contributed by atoms with Gasteiger partial charge in [0.1, 0.15) is 17.4 Å². The Labute approximate surface area is 212 Å². The maximum atomic E-state index is 13.6. The van der Waals surface area contributed by atoms with Crippen LogP contribution in [0, 0.1) is 0 Å². The highest BCUT2D eigenvalue weighted by atomic mass is 35.5. The standard InChI is InChI=1S/C21H17ClN8O2.2H2S/c22-14-6-7-29-17(14)21(32)30(12-4-2-1-3-5-12)19(27-29)15-8-13(31)9-28(15)20-16-18(24-10-23-16)25-11-26-20;;/h1-7,10-11,13,15,31H,8-9H2,(H,23,24,25,26);2*1H2/t13-,15-;;/m0../s1. The van der Waals surface area contributed by atoms with Gasteiger partial charge in [-0.25, -0.2) is 19.5 Å². The van der Waals surface area contributed by atoms with Gasteiger partial charge in [0, 0.05) is 19.2 Å². The summed E-state index contributed by atoms with van der Waals surface area (Å²) in [6.07, 6.45) is 4.40. The molecule has 6 rings (SSSR count). The molecule has 1 saturated heterocycles. The molecule has 34 heavy (non-hydrogen) atoms. The molecule has 13 heteroatoms. The molecular weight excluding hydrogens is 496 g/mol. The molecule has 0 saturated carbocycles. The van der Waals surface area contributed by atoms with E-state index in [2.05, 4.69) is 19.9 Å². The minimum absolute atomic E-state index is 0. The zero-order valence-electron chi connectivity index (χ0n) is 17.6. The first kappa shape index (κ1) is 24.1. The SMILES string of the molecule is O=c1c2c(Cl)ccn2nc([C@@H]2C[C@H](O)CN2c2ncnc3nc[nH]c23)n1-c1ccccc1.S.S. The van der Waals surface area contributed by atoms with Crippen molar-refractivity contribution in [1.82, 2.24) is 34.1 Å². The Kier molecular flexibility index (Phi) is 6.58. The fourth-order valence-corrected chi connectivity index (χ4v) is 4.58. The van der Waals surface area contributed by atoms with E-state index < -0.39 is 12.1 Å². The summed E-state index contributed by atoms with van der Waals surface area (Å²) in [6, 6.07) is 10.5. The van der Waals surface area contributed by atoms with Crippen LogP contribution in [0.1, 0.15) is 18.3 Å². The molecule has 2 atom stereocenters. The van der Waals surface area contributed by atoms with Gasteiger partial charge in [0.25, 0.3) is 5.56 Å². The van der Waals surface area contributed by atoms with Crippen molar-refractivity contribution in [3.05, 3.63) is 76.5 Å². The van der Waals surface area contributed by atoms with Crippen LogP contribution in [0.5, 0.6) is 0 Å². The molecule has 0 radical (unpaired) electrons. The van der Waals surface area contributed by atoms with Crippen LogP contribution in [-0.2, 0) is 0 Å². The number of halogens is 1. The lowest BCUT2D eigenvalue weighted by Gasteiger charge is -2.27. The molecule has 0 unspecified atom stereocenters. The van der Waals surface area contributed by atoms with Gasteiger partial charge < -0.3 is 15.0 Å². The van der Waals surface area contributed by atoms with Gasteiger partial charge in [-0.15, -0.1) is 0 Å². The highest BCUT2D eigenvalue weighted by Gasteiger charge is 2.38. The molecule has 2 N–H and O–H groups in total. The van der Waals surface area contributed by atoms with E-state index in [0.29, 0.717) is 52.0 Å². The van der Waals surface area contributed by atoms with Gasteiger partial charge in [-0.2, -0.15) is 32.1 Å². The van der Waals surface area contributed by atoms with Crippen molar-refractivity contribution in [2.75, 3.05) is 11.4 Å². The molecule has 176 valence electrons. The van der Waals surface area contributed by atoms with Crippen molar-refractivity contribution in [2.24, 2.45) is 0 Å². The summed E-state index contributed by atoms with van der Waals surface area (Å²) in [5, 5.41) is 15.7. The molecule has 0 bridgehead atoms. The number of anilines is 1. The maximum Gasteiger partial charge on any atom is 0.284 e. The second-order valence-electron chi connectivity index (χ2n) is 7.65. The third-order valence-corrected chi connectivity index (χ3v) is 6.03. The average Bonchev–Trinajstić information content (AvgIpc) is 3.52. The summed E-state index contributed by atoms with van der Waals surface area (Å²) in [6.45, 7) is 0.324. The first-order valence-electron chi connectivity index (χ1n) is 10.1. The van der Waals surface area contributed by atoms with Crippen molar-refractivity contribution < 1.29 is 5.11 Å². The van der Waals surface area contributed by atoms with E-state index >= 15 is 0 Å². The lowest BCUT2D eigenvalue weighted by atomic mass is 10.1. The Morgan fingerprint density at radius 2 is 1.88 bits per heavy atom. The number of rotatable bonds is 3. The molecule has 1 aromatic carbocycles. The van der Waals surface area contributed by atoms with E-state index in [-0.39, 0.29) is 32.6 Å². The summed E-state index contributed by atoms with van der Waals surface area (Å²) in [7, 11) is 0. The molecule has 5 aromatic rings. The Balaban J connectivity index is 0.00000137. The second kappa shape index (κ2) is 9.29. The number of aromatic nitrogens is 7. The van der Waals surface area contributed by atoms with Crippen molar-refractivity contribution in [3.63, 3.8) is 0 Å².